The Hall–Kier alpha value is -2.97. The summed E-state index contributed by atoms with van der Waals surface area (Å²) in [6.45, 7) is 0.891. The lowest BCUT2D eigenvalue weighted by Gasteiger charge is -2.09. The topological polar surface area (TPSA) is 96.9 Å². The van der Waals surface area contributed by atoms with Crippen molar-refractivity contribution in [2.45, 2.75) is 6.29 Å². The largest absolute Gasteiger partial charge is 0.456 e. The van der Waals surface area contributed by atoms with E-state index < -0.39 is 11.2 Å². The summed E-state index contributed by atoms with van der Waals surface area (Å²) in [6, 6.07) is 11.6. The van der Waals surface area contributed by atoms with Gasteiger partial charge in [0.15, 0.2) is 11.3 Å². The van der Waals surface area contributed by atoms with Gasteiger partial charge >= 0.3 is 0 Å². The fraction of sp³-hybridized carbons (Fsp3) is 0.188. The minimum absolute atomic E-state index is 0.149. The van der Waals surface area contributed by atoms with Crippen LogP contribution in [0, 0.1) is 10.1 Å². The van der Waals surface area contributed by atoms with Crippen molar-refractivity contribution in [1.29, 1.82) is 0 Å². The number of para-hydroxylation sites is 1. The summed E-state index contributed by atoms with van der Waals surface area (Å²) in [4.78, 5) is 10.6. The maximum Gasteiger partial charge on any atom is 0.277 e. The zero-order valence-electron chi connectivity index (χ0n) is 12.4. The minimum Gasteiger partial charge on any atom is -0.456 e. The Kier molecular flexibility index (Phi) is 3.60. The van der Waals surface area contributed by atoms with E-state index in [4.69, 9.17) is 18.7 Å². The molecule has 0 radical (unpaired) electrons. The van der Waals surface area contributed by atoms with E-state index in [1.807, 2.05) is 18.2 Å². The van der Waals surface area contributed by atoms with Crippen LogP contribution in [0.15, 0.2) is 47.0 Å². The third-order valence-electron chi connectivity index (χ3n) is 3.58. The molecule has 1 fully saturated rings. The number of non-ortho nitro benzene ring substituents is 1. The molecular weight excluding hydrogens is 316 g/mol. The van der Waals surface area contributed by atoms with Crippen LogP contribution in [0.25, 0.3) is 11.0 Å². The summed E-state index contributed by atoms with van der Waals surface area (Å²) in [5, 5.41) is 15.6. The van der Waals surface area contributed by atoms with Crippen LogP contribution in [0.5, 0.6) is 11.5 Å². The monoisotopic (exact) mass is 328 g/mol. The molecule has 0 aliphatic carbocycles. The standard InChI is InChI=1S/C16H12N2O6/c19-18(20)10-8-12(23-11-4-2-1-3-5-11)14-13(9-10)24-17-15(14)16-21-6-7-22-16/h1-5,8-9,16H,6-7H2. The molecule has 8 nitrogen and oxygen atoms in total. The van der Waals surface area contributed by atoms with Gasteiger partial charge < -0.3 is 18.7 Å². The van der Waals surface area contributed by atoms with Crippen LogP contribution in [0.1, 0.15) is 12.0 Å². The van der Waals surface area contributed by atoms with Crippen LogP contribution in [0.3, 0.4) is 0 Å². The first-order chi connectivity index (χ1) is 11.7. The highest BCUT2D eigenvalue weighted by atomic mass is 16.7. The van der Waals surface area contributed by atoms with Gasteiger partial charge in [-0.05, 0) is 12.1 Å². The molecule has 24 heavy (non-hydrogen) atoms. The van der Waals surface area contributed by atoms with Gasteiger partial charge in [0.2, 0.25) is 6.29 Å². The number of ether oxygens (including phenoxy) is 3. The van der Waals surface area contributed by atoms with E-state index in [0.29, 0.717) is 30.0 Å². The lowest BCUT2D eigenvalue weighted by Crippen LogP contribution is -2.00. The first kappa shape index (κ1) is 14.6. The van der Waals surface area contributed by atoms with Crippen LogP contribution in [-0.4, -0.2) is 23.3 Å². The summed E-state index contributed by atoms with van der Waals surface area (Å²) in [7, 11) is 0. The average Bonchev–Trinajstić information content (AvgIpc) is 3.24. The number of nitro groups is 1. The fourth-order valence-corrected chi connectivity index (χ4v) is 2.52. The molecule has 0 N–H and O–H groups in total. The lowest BCUT2D eigenvalue weighted by atomic mass is 10.1. The van der Waals surface area contributed by atoms with Gasteiger partial charge in [0.1, 0.15) is 11.5 Å². The van der Waals surface area contributed by atoms with E-state index in [0.717, 1.165) is 0 Å². The second-order valence-electron chi connectivity index (χ2n) is 5.13. The molecule has 0 spiro atoms. The summed E-state index contributed by atoms with van der Waals surface area (Å²) >= 11 is 0. The zero-order chi connectivity index (χ0) is 16.5. The van der Waals surface area contributed by atoms with Crippen molar-refractivity contribution >= 4 is 16.7 Å². The van der Waals surface area contributed by atoms with E-state index >= 15 is 0 Å². The van der Waals surface area contributed by atoms with Crippen LogP contribution < -0.4 is 4.74 Å². The second-order valence-corrected chi connectivity index (χ2v) is 5.13. The molecule has 0 amide bonds. The zero-order valence-corrected chi connectivity index (χ0v) is 12.4. The molecule has 3 aromatic rings. The van der Waals surface area contributed by atoms with E-state index in [1.54, 1.807) is 12.1 Å². The Balaban J connectivity index is 1.86. The number of aromatic nitrogens is 1. The van der Waals surface area contributed by atoms with Crippen molar-refractivity contribution < 1.29 is 23.7 Å². The molecule has 2 heterocycles. The third-order valence-corrected chi connectivity index (χ3v) is 3.58. The molecule has 122 valence electrons. The molecule has 8 heteroatoms. The van der Waals surface area contributed by atoms with Crippen LogP contribution >= 0.6 is 0 Å². The predicted molar refractivity (Wildman–Crippen MR) is 81.8 cm³/mol. The Morgan fingerprint density at radius 2 is 1.92 bits per heavy atom. The van der Waals surface area contributed by atoms with Crippen molar-refractivity contribution in [2.75, 3.05) is 13.2 Å². The molecule has 0 saturated carbocycles. The maximum absolute atomic E-state index is 11.2. The van der Waals surface area contributed by atoms with Crippen molar-refractivity contribution in [3.63, 3.8) is 0 Å². The Bertz CT molecular complexity index is 886. The molecule has 0 unspecified atom stereocenters. The normalized spacial score (nSPS) is 15.0. The van der Waals surface area contributed by atoms with Gasteiger partial charge in [0.25, 0.3) is 5.69 Å². The van der Waals surface area contributed by atoms with Crippen molar-refractivity contribution in [3.8, 4) is 11.5 Å². The molecule has 4 rings (SSSR count). The van der Waals surface area contributed by atoms with Crippen molar-refractivity contribution in [1.82, 2.24) is 5.16 Å². The van der Waals surface area contributed by atoms with Gasteiger partial charge in [0, 0.05) is 0 Å². The molecule has 2 aromatic carbocycles. The Labute approximate surface area is 135 Å². The number of nitrogens with zero attached hydrogens (tertiary/aromatic N) is 2. The first-order valence-corrected chi connectivity index (χ1v) is 7.26. The Morgan fingerprint density at radius 1 is 1.17 bits per heavy atom. The van der Waals surface area contributed by atoms with Crippen LogP contribution in [-0.2, 0) is 9.47 Å². The number of fused-ring (bicyclic) bond motifs is 1. The van der Waals surface area contributed by atoms with Gasteiger partial charge in [0.05, 0.1) is 35.7 Å². The predicted octanol–water partition coefficient (Wildman–Crippen LogP) is 3.57. The molecular formula is C16H12N2O6. The van der Waals surface area contributed by atoms with E-state index in [1.165, 1.54) is 12.1 Å². The highest BCUT2D eigenvalue weighted by Gasteiger charge is 2.29. The van der Waals surface area contributed by atoms with Gasteiger partial charge in [-0.3, -0.25) is 10.1 Å². The van der Waals surface area contributed by atoms with E-state index in [9.17, 15) is 10.1 Å². The van der Waals surface area contributed by atoms with Crippen molar-refractivity contribution in [3.05, 3.63) is 58.3 Å². The van der Waals surface area contributed by atoms with Gasteiger partial charge in [-0.2, -0.15) is 0 Å². The molecule has 0 atom stereocenters. The van der Waals surface area contributed by atoms with Gasteiger partial charge in [-0.1, -0.05) is 23.4 Å². The number of hydrogen-bond acceptors (Lipinski definition) is 7. The summed E-state index contributed by atoms with van der Waals surface area (Å²) in [5.41, 5.74) is 0.497. The molecule has 1 saturated heterocycles. The first-order valence-electron chi connectivity index (χ1n) is 7.26. The molecule has 0 bridgehead atoms. The number of nitro benzene ring substituents is 1. The van der Waals surface area contributed by atoms with E-state index in [-0.39, 0.29) is 17.0 Å². The van der Waals surface area contributed by atoms with Gasteiger partial charge in [-0.15, -0.1) is 0 Å². The number of benzene rings is 2. The maximum atomic E-state index is 11.2. The highest BCUT2D eigenvalue weighted by molar-refractivity contribution is 5.89. The second kappa shape index (κ2) is 5.91. The van der Waals surface area contributed by atoms with Crippen LogP contribution in [0.4, 0.5) is 5.69 Å². The third kappa shape index (κ3) is 2.57. The minimum atomic E-state index is -0.675. The summed E-state index contributed by atoms with van der Waals surface area (Å²) in [5.74, 6) is 0.806. The molecule has 1 aromatic heterocycles. The Morgan fingerprint density at radius 3 is 2.62 bits per heavy atom. The van der Waals surface area contributed by atoms with E-state index in [2.05, 4.69) is 5.16 Å². The fourth-order valence-electron chi connectivity index (χ4n) is 2.52. The number of rotatable bonds is 4. The lowest BCUT2D eigenvalue weighted by molar-refractivity contribution is -0.384. The highest BCUT2D eigenvalue weighted by Crippen LogP contribution is 2.39. The van der Waals surface area contributed by atoms with Gasteiger partial charge in [-0.25, -0.2) is 0 Å². The van der Waals surface area contributed by atoms with Crippen molar-refractivity contribution in [2.24, 2.45) is 0 Å². The average molecular weight is 328 g/mol. The SMILES string of the molecule is O=[N+]([O-])c1cc(Oc2ccccc2)c2c(C3OCCO3)noc2c1. The molecule has 1 aliphatic rings. The van der Waals surface area contributed by atoms with Crippen LogP contribution in [0.2, 0.25) is 0 Å². The summed E-state index contributed by atoms with van der Waals surface area (Å²) < 4.78 is 22.0. The smallest absolute Gasteiger partial charge is 0.277 e. The number of hydrogen-bond donors (Lipinski definition) is 0. The summed E-state index contributed by atoms with van der Waals surface area (Å²) in [6.07, 6.45) is -0.675. The molecule has 1 aliphatic heterocycles. The quantitative estimate of drug-likeness (QED) is 0.533.